The Labute approximate surface area is 270 Å². The zero-order chi connectivity index (χ0) is 35.6. The number of hydrazone groups is 1. The minimum absolute atomic E-state index is 0.0134. The first-order valence-electron chi connectivity index (χ1n) is 15.3. The largest absolute Gasteiger partial charge is 0.481 e. The average Bonchev–Trinajstić information content (AvgIpc) is 3.00. The molecule has 0 bridgehead atoms. The molecule has 1 fully saturated rings. The van der Waals surface area contributed by atoms with Crippen molar-refractivity contribution in [1.82, 2.24) is 0 Å². The highest BCUT2D eigenvalue weighted by molar-refractivity contribution is 5.90. The molecule has 2 aliphatic rings. The third-order valence-corrected chi connectivity index (χ3v) is 8.98. The number of hydrogen-bond donors (Lipinski definition) is 3. The van der Waals surface area contributed by atoms with E-state index >= 15 is 0 Å². The number of carbonyl (C=O) groups is 1. The quantitative estimate of drug-likeness (QED) is 0.0720. The number of nitrogens with zero attached hydrogens (tertiary/aromatic N) is 4. The molecule has 2 aromatic carbocycles. The summed E-state index contributed by atoms with van der Waals surface area (Å²) in [5, 5.41) is 18.8. The Morgan fingerprint density at radius 3 is 1.94 bits per heavy atom. The molecule has 4 N–H and O–H groups in total. The maximum Gasteiger partial charge on any atom is 0.416 e. The van der Waals surface area contributed by atoms with Crippen LogP contribution in [0, 0.1) is 11.8 Å². The molecule has 0 spiro atoms. The highest BCUT2D eigenvalue weighted by Gasteiger charge is 2.44. The fourth-order valence-corrected chi connectivity index (χ4v) is 6.67. The number of nitrogens with one attached hydrogen (secondary N) is 1. The third kappa shape index (κ3) is 8.32. The van der Waals surface area contributed by atoms with Crippen molar-refractivity contribution in [3.05, 3.63) is 58.7 Å². The second-order valence-electron chi connectivity index (χ2n) is 12.1. The van der Waals surface area contributed by atoms with Crippen molar-refractivity contribution in [3.63, 3.8) is 0 Å². The van der Waals surface area contributed by atoms with Gasteiger partial charge in [-0.3, -0.25) is 10.6 Å². The van der Waals surface area contributed by atoms with Crippen LogP contribution in [0.3, 0.4) is 0 Å². The van der Waals surface area contributed by atoms with Crippen LogP contribution in [0.25, 0.3) is 0 Å². The molecule has 8 nitrogen and oxygen atoms in total. The number of hydrazine groups is 1. The lowest BCUT2D eigenvalue weighted by Gasteiger charge is -2.48. The number of anilines is 2. The van der Waals surface area contributed by atoms with Crippen LogP contribution in [0.15, 0.2) is 46.6 Å². The van der Waals surface area contributed by atoms with Crippen LogP contribution in [0.2, 0.25) is 0 Å². The van der Waals surface area contributed by atoms with E-state index in [4.69, 9.17) is 10.9 Å². The van der Waals surface area contributed by atoms with Gasteiger partial charge in [-0.15, -0.1) is 0 Å². The number of hydrogen-bond acceptors (Lipinski definition) is 5. The standard InChI is InChI=1S/C31H35F9N6O2/c1-3-23-16-46(27(28(43-41)44-42-2)19-11-21(30(35,36)37)13-22(12-19)31(38,39)40)25-14-20(29(32,33)34)8-9-24(25)45(23)15-18-6-4-17(5-7-18)10-26(47)48/h8-9,11-14,17-18,23,27H,3-7,10,15-16,41H2,1-2H3,(H,47,48)/p+1. The summed E-state index contributed by atoms with van der Waals surface area (Å²) in [5.41, 5.74) is -4.67. The highest BCUT2D eigenvalue weighted by Crippen LogP contribution is 2.47. The molecular formula is C31H36F9N6O2+. The SMILES string of the molecule is CCC1CN(C(C(N=NC)=[NH+]N)c2cc(C(F)(F)F)cc(C(F)(F)F)c2)c2cc(C(F)(F)F)ccc2N1CC1CCC(CC(=O)O)CC1. The van der Waals surface area contributed by atoms with Gasteiger partial charge in [-0.05, 0) is 85.9 Å². The number of amidine groups is 1. The normalized spacial score (nSPS) is 21.8. The van der Waals surface area contributed by atoms with Gasteiger partial charge >= 0.3 is 30.3 Å². The number of carboxylic acid groups (broad SMARTS) is 1. The fraction of sp³-hybridized carbons (Fsp3) is 0.548. The predicted molar refractivity (Wildman–Crippen MR) is 158 cm³/mol. The molecule has 48 heavy (non-hydrogen) atoms. The summed E-state index contributed by atoms with van der Waals surface area (Å²) in [6.07, 6.45) is -12.1. The van der Waals surface area contributed by atoms with Gasteiger partial charge < -0.3 is 14.9 Å². The summed E-state index contributed by atoms with van der Waals surface area (Å²) in [5.74, 6) is 4.49. The van der Waals surface area contributed by atoms with E-state index in [-0.39, 0.29) is 36.6 Å². The molecule has 1 aliphatic heterocycles. The van der Waals surface area contributed by atoms with Crippen molar-refractivity contribution in [1.29, 1.82) is 0 Å². The Morgan fingerprint density at radius 2 is 1.46 bits per heavy atom. The maximum absolute atomic E-state index is 14.1. The zero-order valence-corrected chi connectivity index (χ0v) is 26.1. The number of nitrogens with two attached hydrogens (primary N) is 1. The summed E-state index contributed by atoms with van der Waals surface area (Å²) in [6, 6.07) is 1.82. The maximum atomic E-state index is 14.1. The third-order valence-electron chi connectivity index (χ3n) is 8.98. The van der Waals surface area contributed by atoms with E-state index in [1.165, 1.54) is 18.0 Å². The van der Waals surface area contributed by atoms with Gasteiger partial charge in [0.15, 0.2) is 6.04 Å². The zero-order valence-electron chi connectivity index (χ0n) is 26.1. The number of azo groups is 1. The minimum Gasteiger partial charge on any atom is -0.481 e. The predicted octanol–water partition coefficient (Wildman–Crippen LogP) is 6.61. The van der Waals surface area contributed by atoms with Crippen molar-refractivity contribution < 1.29 is 54.5 Å². The van der Waals surface area contributed by atoms with Crippen molar-refractivity contribution in [2.45, 2.75) is 76.1 Å². The summed E-state index contributed by atoms with van der Waals surface area (Å²) in [6.45, 7) is 2.09. The first-order valence-corrected chi connectivity index (χ1v) is 15.3. The topological polar surface area (TPSA) is 108 Å². The van der Waals surface area contributed by atoms with Crippen molar-refractivity contribution >= 4 is 23.2 Å². The molecule has 0 radical (unpaired) electrons. The average molecular weight is 696 g/mol. The number of carboxylic acids is 1. The molecule has 0 aromatic heterocycles. The fourth-order valence-electron chi connectivity index (χ4n) is 6.67. The van der Waals surface area contributed by atoms with E-state index in [0.29, 0.717) is 56.5 Å². The van der Waals surface area contributed by atoms with Crippen molar-refractivity contribution in [3.8, 4) is 0 Å². The van der Waals surface area contributed by atoms with Gasteiger partial charge in [-0.2, -0.15) is 44.6 Å². The van der Waals surface area contributed by atoms with Crippen LogP contribution >= 0.6 is 0 Å². The van der Waals surface area contributed by atoms with Crippen LogP contribution in [-0.2, 0) is 23.3 Å². The molecule has 4 rings (SSSR count). The van der Waals surface area contributed by atoms with Gasteiger partial charge in [0.1, 0.15) is 0 Å². The Bertz CT molecular complexity index is 1480. The molecule has 2 unspecified atom stereocenters. The molecule has 264 valence electrons. The molecule has 0 saturated heterocycles. The van der Waals surface area contributed by atoms with Crippen molar-refractivity contribution in [2.75, 3.05) is 29.9 Å². The second kappa shape index (κ2) is 14.2. The smallest absolute Gasteiger partial charge is 0.416 e. The highest BCUT2D eigenvalue weighted by atomic mass is 19.4. The van der Waals surface area contributed by atoms with Gasteiger partial charge in [0.2, 0.25) is 0 Å². The lowest BCUT2D eigenvalue weighted by molar-refractivity contribution is -0.472. The second-order valence-corrected chi connectivity index (χ2v) is 12.1. The molecule has 1 saturated carbocycles. The lowest BCUT2D eigenvalue weighted by atomic mass is 9.80. The molecule has 17 heteroatoms. The number of fused-ring (bicyclic) bond motifs is 1. The number of rotatable bonds is 8. The van der Waals surface area contributed by atoms with Gasteiger partial charge in [-0.25, -0.2) is 0 Å². The Morgan fingerprint density at radius 1 is 0.896 bits per heavy atom. The van der Waals surface area contributed by atoms with Gasteiger partial charge in [-0.1, -0.05) is 12.0 Å². The minimum atomic E-state index is -5.20. The summed E-state index contributed by atoms with van der Waals surface area (Å²) < 4.78 is 126. The first-order chi connectivity index (χ1) is 22.4. The molecule has 1 aliphatic carbocycles. The molecule has 2 aromatic rings. The van der Waals surface area contributed by atoms with Gasteiger partial charge in [0, 0.05) is 25.6 Å². The monoisotopic (exact) mass is 695 g/mol. The van der Waals surface area contributed by atoms with E-state index in [1.807, 2.05) is 11.8 Å². The van der Waals surface area contributed by atoms with E-state index in [0.717, 1.165) is 12.1 Å². The summed E-state index contributed by atoms with van der Waals surface area (Å²) in [4.78, 5) is 14.4. The van der Waals surface area contributed by atoms with Gasteiger partial charge in [0.25, 0.3) is 0 Å². The van der Waals surface area contributed by atoms with Crippen LogP contribution in [-0.4, -0.2) is 43.1 Å². The van der Waals surface area contributed by atoms with E-state index in [1.54, 1.807) is 0 Å². The number of halogens is 9. The van der Waals surface area contributed by atoms with Gasteiger partial charge in [0.05, 0.1) is 40.2 Å². The van der Waals surface area contributed by atoms with E-state index < -0.39 is 64.7 Å². The number of aliphatic carboxylic acids is 1. The Hall–Kier alpha value is -4.05. The Balaban J connectivity index is 1.90. The summed E-state index contributed by atoms with van der Waals surface area (Å²) in [7, 11) is 1.19. The van der Waals surface area contributed by atoms with Crippen LogP contribution in [0.5, 0.6) is 0 Å². The molecule has 0 amide bonds. The van der Waals surface area contributed by atoms with Crippen LogP contribution in [0.1, 0.15) is 73.7 Å². The first kappa shape index (κ1) is 36.8. The molecular weight excluding hydrogens is 659 g/mol. The van der Waals surface area contributed by atoms with E-state index in [2.05, 4.69) is 15.3 Å². The number of alkyl halides is 9. The molecule has 1 heterocycles. The van der Waals surface area contributed by atoms with Crippen molar-refractivity contribution in [2.24, 2.45) is 27.9 Å². The lowest BCUT2D eigenvalue weighted by Crippen LogP contribution is -2.81. The summed E-state index contributed by atoms with van der Waals surface area (Å²) >= 11 is 0. The number of benzene rings is 2. The van der Waals surface area contributed by atoms with Crippen LogP contribution in [0.4, 0.5) is 50.9 Å². The molecule has 2 atom stereocenters. The van der Waals surface area contributed by atoms with E-state index in [9.17, 15) is 44.3 Å². The van der Waals surface area contributed by atoms with Crippen LogP contribution < -0.4 is 20.7 Å². The Kier molecular flexibility index (Phi) is 10.9.